The molecule has 0 heterocycles. The fraction of sp³-hybridized carbons (Fsp3) is 0.222. The van der Waals surface area contributed by atoms with Crippen molar-refractivity contribution in [1.82, 2.24) is 5.32 Å². The first-order valence-corrected chi connectivity index (χ1v) is 4.50. The quantitative estimate of drug-likeness (QED) is 0.401. The second-order valence-electron chi connectivity index (χ2n) is 3.13. The number of hydrogen-bond acceptors (Lipinski definition) is 4. The van der Waals surface area contributed by atoms with E-state index in [1.54, 1.807) is 6.07 Å². The molecule has 1 aromatic carbocycles. The highest BCUT2D eigenvalue weighted by molar-refractivity contribution is 5.64. The monoisotopic (exact) mass is 225 g/mol. The molecule has 0 aliphatic heterocycles. The highest BCUT2D eigenvalue weighted by atomic mass is 16.6. The van der Waals surface area contributed by atoms with Gasteiger partial charge in [-0.25, -0.2) is 4.79 Å². The highest BCUT2D eigenvalue weighted by Crippen LogP contribution is 2.22. The summed E-state index contributed by atoms with van der Waals surface area (Å²) in [7, 11) is 0. The van der Waals surface area contributed by atoms with Gasteiger partial charge in [0.05, 0.1) is 4.92 Å². The van der Waals surface area contributed by atoms with Gasteiger partial charge in [0.1, 0.15) is 5.69 Å². The zero-order valence-corrected chi connectivity index (χ0v) is 8.34. The van der Waals surface area contributed by atoms with Crippen LogP contribution in [-0.4, -0.2) is 22.7 Å². The zero-order valence-electron chi connectivity index (χ0n) is 8.34. The predicted octanol–water partition coefficient (Wildman–Crippen LogP) is 0.987. The van der Waals surface area contributed by atoms with Gasteiger partial charge >= 0.3 is 6.09 Å². The van der Waals surface area contributed by atoms with Crippen LogP contribution in [0.1, 0.15) is 5.56 Å². The second kappa shape index (κ2) is 4.96. The van der Waals surface area contributed by atoms with E-state index in [1.807, 2.05) is 0 Å². The molecule has 0 aliphatic rings. The number of carboxylic acid groups (broad SMARTS) is 1. The van der Waals surface area contributed by atoms with Crippen molar-refractivity contribution in [2.24, 2.45) is 0 Å². The Kier molecular flexibility index (Phi) is 3.65. The number of amides is 1. The van der Waals surface area contributed by atoms with E-state index in [2.05, 4.69) is 5.32 Å². The molecule has 86 valence electrons. The molecule has 1 amide bonds. The molecule has 0 aliphatic carbocycles. The molecule has 4 N–H and O–H groups in total. The van der Waals surface area contributed by atoms with E-state index in [0.717, 1.165) is 0 Å². The van der Waals surface area contributed by atoms with E-state index in [0.29, 0.717) is 12.0 Å². The first-order chi connectivity index (χ1) is 7.50. The van der Waals surface area contributed by atoms with Crippen LogP contribution in [0.2, 0.25) is 0 Å². The number of benzene rings is 1. The van der Waals surface area contributed by atoms with Crippen LogP contribution in [0.3, 0.4) is 0 Å². The Labute approximate surface area is 91.0 Å². The van der Waals surface area contributed by atoms with Crippen LogP contribution >= 0.6 is 0 Å². The first kappa shape index (κ1) is 11.8. The van der Waals surface area contributed by atoms with E-state index in [1.165, 1.54) is 12.1 Å². The van der Waals surface area contributed by atoms with Crippen LogP contribution in [0.15, 0.2) is 18.2 Å². The van der Waals surface area contributed by atoms with E-state index < -0.39 is 11.0 Å². The smallest absolute Gasteiger partial charge is 0.404 e. The minimum absolute atomic E-state index is 0.0972. The maximum absolute atomic E-state index is 10.6. The van der Waals surface area contributed by atoms with Crippen LogP contribution < -0.4 is 11.1 Å². The van der Waals surface area contributed by atoms with E-state index >= 15 is 0 Å². The Morgan fingerprint density at radius 1 is 1.56 bits per heavy atom. The molecule has 1 aromatic rings. The summed E-state index contributed by atoms with van der Waals surface area (Å²) in [4.78, 5) is 20.2. The van der Waals surface area contributed by atoms with Crippen molar-refractivity contribution in [1.29, 1.82) is 0 Å². The van der Waals surface area contributed by atoms with Crippen molar-refractivity contribution in [3.05, 3.63) is 33.9 Å². The molecular formula is C9H11N3O4. The van der Waals surface area contributed by atoms with Crippen molar-refractivity contribution in [2.75, 3.05) is 12.3 Å². The van der Waals surface area contributed by atoms with Crippen LogP contribution in [0.5, 0.6) is 0 Å². The average molecular weight is 225 g/mol. The minimum atomic E-state index is -1.12. The molecule has 0 spiro atoms. The van der Waals surface area contributed by atoms with Gasteiger partial charge in [0, 0.05) is 12.6 Å². The van der Waals surface area contributed by atoms with Crippen LogP contribution in [0.25, 0.3) is 0 Å². The largest absolute Gasteiger partial charge is 0.465 e. The third kappa shape index (κ3) is 3.12. The molecule has 0 saturated heterocycles. The summed E-state index contributed by atoms with van der Waals surface area (Å²) in [6, 6.07) is 4.42. The average Bonchev–Trinajstić information content (AvgIpc) is 2.19. The lowest BCUT2D eigenvalue weighted by Crippen LogP contribution is -2.23. The maximum atomic E-state index is 10.6. The number of nitrogen functional groups attached to an aromatic ring is 1. The normalized spacial score (nSPS) is 9.75. The Morgan fingerprint density at radius 3 is 2.81 bits per heavy atom. The predicted molar refractivity (Wildman–Crippen MR) is 57.2 cm³/mol. The number of nitrogens with one attached hydrogen (secondary N) is 1. The Morgan fingerprint density at radius 2 is 2.25 bits per heavy atom. The Balaban J connectivity index is 2.71. The summed E-state index contributed by atoms with van der Waals surface area (Å²) in [5.41, 5.74) is 6.02. The number of nitrogens with zero attached hydrogens (tertiary/aromatic N) is 1. The molecule has 0 saturated carbocycles. The topological polar surface area (TPSA) is 118 Å². The van der Waals surface area contributed by atoms with E-state index in [9.17, 15) is 14.9 Å². The van der Waals surface area contributed by atoms with E-state index in [4.69, 9.17) is 10.8 Å². The van der Waals surface area contributed by atoms with Gasteiger partial charge in [0.15, 0.2) is 0 Å². The lowest BCUT2D eigenvalue weighted by molar-refractivity contribution is -0.383. The van der Waals surface area contributed by atoms with Gasteiger partial charge in [0.2, 0.25) is 0 Å². The molecule has 7 heteroatoms. The number of nitro benzene ring substituents is 1. The van der Waals surface area contributed by atoms with Gasteiger partial charge < -0.3 is 16.2 Å². The Bertz CT molecular complexity index is 419. The summed E-state index contributed by atoms with van der Waals surface area (Å²) < 4.78 is 0. The van der Waals surface area contributed by atoms with Crippen LogP contribution in [0, 0.1) is 10.1 Å². The van der Waals surface area contributed by atoms with Crippen molar-refractivity contribution in [2.45, 2.75) is 6.42 Å². The van der Waals surface area contributed by atoms with Crippen molar-refractivity contribution in [3.8, 4) is 0 Å². The molecule has 0 unspecified atom stereocenters. The van der Waals surface area contributed by atoms with Gasteiger partial charge in [-0.2, -0.15) is 0 Å². The standard InChI is InChI=1S/C9H11N3O4/c10-7-2-1-6(3-4-11-9(13)14)5-8(7)12(15)16/h1-2,5,11H,3-4,10H2,(H,13,14). The lowest BCUT2D eigenvalue weighted by atomic mass is 10.1. The lowest BCUT2D eigenvalue weighted by Gasteiger charge is -2.03. The van der Waals surface area contributed by atoms with Crippen LogP contribution in [0.4, 0.5) is 16.2 Å². The number of hydrogen-bond donors (Lipinski definition) is 3. The van der Waals surface area contributed by atoms with Crippen molar-refractivity contribution in [3.63, 3.8) is 0 Å². The molecule has 1 rings (SSSR count). The van der Waals surface area contributed by atoms with Gasteiger partial charge in [-0.3, -0.25) is 10.1 Å². The SMILES string of the molecule is Nc1ccc(CCNC(=O)O)cc1[N+](=O)[O-]. The number of nitrogens with two attached hydrogens (primary N) is 1. The molecular weight excluding hydrogens is 214 g/mol. The number of rotatable bonds is 4. The minimum Gasteiger partial charge on any atom is -0.465 e. The molecule has 16 heavy (non-hydrogen) atoms. The maximum Gasteiger partial charge on any atom is 0.404 e. The van der Waals surface area contributed by atoms with Gasteiger partial charge in [0.25, 0.3) is 5.69 Å². The zero-order chi connectivity index (χ0) is 12.1. The van der Waals surface area contributed by atoms with Gasteiger partial charge in [-0.05, 0) is 18.1 Å². The first-order valence-electron chi connectivity index (χ1n) is 4.50. The van der Waals surface area contributed by atoms with Crippen LogP contribution in [-0.2, 0) is 6.42 Å². The second-order valence-corrected chi connectivity index (χ2v) is 3.13. The van der Waals surface area contributed by atoms with Crippen molar-refractivity contribution < 1.29 is 14.8 Å². The van der Waals surface area contributed by atoms with E-state index in [-0.39, 0.29) is 17.9 Å². The molecule has 0 bridgehead atoms. The molecule has 0 radical (unpaired) electrons. The van der Waals surface area contributed by atoms with Gasteiger partial charge in [-0.1, -0.05) is 6.07 Å². The molecule has 0 fully saturated rings. The number of anilines is 1. The summed E-state index contributed by atoms with van der Waals surface area (Å²) >= 11 is 0. The summed E-state index contributed by atoms with van der Waals surface area (Å²) in [6.07, 6.45) is -0.738. The fourth-order valence-corrected chi connectivity index (χ4v) is 1.22. The third-order valence-corrected chi connectivity index (χ3v) is 1.98. The summed E-state index contributed by atoms with van der Waals surface area (Å²) in [5, 5.41) is 21.1. The summed E-state index contributed by atoms with van der Waals surface area (Å²) in [5.74, 6) is 0. The number of carbonyl (C=O) groups is 1. The molecule has 7 nitrogen and oxygen atoms in total. The third-order valence-electron chi connectivity index (χ3n) is 1.98. The number of nitro groups is 1. The van der Waals surface area contributed by atoms with Gasteiger partial charge in [-0.15, -0.1) is 0 Å². The Hall–Kier alpha value is -2.31. The summed E-state index contributed by atoms with van der Waals surface area (Å²) in [6.45, 7) is 0.205. The molecule has 0 aromatic heterocycles. The fourth-order valence-electron chi connectivity index (χ4n) is 1.22. The highest BCUT2D eigenvalue weighted by Gasteiger charge is 2.11. The van der Waals surface area contributed by atoms with Crippen molar-refractivity contribution >= 4 is 17.5 Å². The molecule has 0 atom stereocenters.